The van der Waals surface area contributed by atoms with Crippen molar-refractivity contribution in [1.29, 1.82) is 0 Å². The van der Waals surface area contributed by atoms with E-state index < -0.39 is 5.60 Å². The number of pyridine rings is 1. The van der Waals surface area contributed by atoms with E-state index in [1.165, 1.54) is 16.4 Å². The Bertz CT molecular complexity index is 1730. The van der Waals surface area contributed by atoms with E-state index in [2.05, 4.69) is 29.0 Å². The molecule has 0 radical (unpaired) electrons. The number of nitrogens with one attached hydrogen (secondary N) is 1. The van der Waals surface area contributed by atoms with Gasteiger partial charge >= 0.3 is 6.09 Å². The summed E-state index contributed by atoms with van der Waals surface area (Å²) in [5, 5.41) is 14.6. The number of benzene rings is 1. The van der Waals surface area contributed by atoms with Gasteiger partial charge in [-0.3, -0.25) is 4.79 Å². The molecule has 0 unspecified atom stereocenters. The molecule has 7 rings (SSSR count). The molecule has 222 valence electrons. The van der Waals surface area contributed by atoms with Crippen LogP contribution < -0.4 is 10.9 Å². The number of cyclic esters (lactones) is 1. The third-order valence-corrected chi connectivity index (χ3v) is 9.15. The quantitative estimate of drug-likeness (QED) is 0.285. The van der Waals surface area contributed by atoms with Gasteiger partial charge in [-0.15, -0.1) is 6.58 Å². The first-order valence-electron chi connectivity index (χ1n) is 15.0. The monoisotopic (exact) mass is 581 g/mol. The van der Waals surface area contributed by atoms with E-state index in [4.69, 9.17) is 14.7 Å². The lowest BCUT2D eigenvalue weighted by molar-refractivity contribution is -0.0426. The molecule has 0 spiro atoms. The number of amides is 1. The van der Waals surface area contributed by atoms with Crippen molar-refractivity contribution in [1.82, 2.24) is 29.2 Å². The van der Waals surface area contributed by atoms with E-state index in [0.29, 0.717) is 60.4 Å². The second-order valence-corrected chi connectivity index (χ2v) is 11.7. The number of nitrogens with zero attached hydrogens (tertiary/aromatic N) is 6. The van der Waals surface area contributed by atoms with Crippen molar-refractivity contribution >= 4 is 28.8 Å². The van der Waals surface area contributed by atoms with Crippen molar-refractivity contribution in [2.75, 3.05) is 18.5 Å². The van der Waals surface area contributed by atoms with Crippen LogP contribution in [0.1, 0.15) is 62.1 Å². The van der Waals surface area contributed by atoms with Crippen molar-refractivity contribution in [2.24, 2.45) is 0 Å². The van der Waals surface area contributed by atoms with Crippen LogP contribution in [0.5, 0.6) is 0 Å². The average Bonchev–Trinajstić information content (AvgIpc) is 3.57. The molecule has 11 heteroatoms. The largest absolute Gasteiger partial charge is 0.448 e. The van der Waals surface area contributed by atoms with Crippen LogP contribution in [0.3, 0.4) is 0 Å². The molecule has 3 fully saturated rings. The number of hydrogen-bond acceptors (Lipinski definition) is 8. The Morgan fingerprint density at radius 2 is 1.86 bits per heavy atom. The molecule has 2 aliphatic carbocycles. The first-order valence-corrected chi connectivity index (χ1v) is 15.0. The third kappa shape index (κ3) is 4.97. The molecule has 1 aromatic carbocycles. The predicted octanol–water partition coefficient (Wildman–Crippen LogP) is 4.76. The minimum absolute atomic E-state index is 0.175. The molecule has 3 aliphatic rings. The summed E-state index contributed by atoms with van der Waals surface area (Å²) in [6.45, 7) is 5.28. The van der Waals surface area contributed by atoms with Gasteiger partial charge in [-0.25, -0.2) is 24.1 Å². The van der Waals surface area contributed by atoms with Crippen molar-refractivity contribution in [3.05, 3.63) is 82.9 Å². The van der Waals surface area contributed by atoms with Gasteiger partial charge in [0, 0.05) is 17.9 Å². The zero-order valence-corrected chi connectivity index (χ0v) is 24.0. The van der Waals surface area contributed by atoms with Crippen LogP contribution in [0, 0.1) is 0 Å². The first kappa shape index (κ1) is 27.3. The molecule has 1 saturated heterocycles. The van der Waals surface area contributed by atoms with Crippen LogP contribution in [0.2, 0.25) is 0 Å². The number of ether oxygens (including phenoxy) is 1. The Hall–Kier alpha value is -4.51. The number of rotatable bonds is 8. The standard InChI is InChI=1S/C32H35N7O4/c1-2-17-38-29(40)25-20-33-30(36-28(25)39(38)27-6-3-5-26(35-27)32(42)15-4-16-32)34-23-11-7-21(8-12-23)22-9-13-24(14-10-22)37-18-19-43-31(37)41/h2-3,5-8,11-12,20,22,24,42H,1,4,9-10,13-19H2,(H,33,34,36). The van der Waals surface area contributed by atoms with Crippen molar-refractivity contribution in [3.8, 4) is 5.82 Å². The number of allylic oxidation sites excluding steroid dienone is 1. The Morgan fingerprint density at radius 1 is 1.07 bits per heavy atom. The van der Waals surface area contributed by atoms with Crippen LogP contribution in [0.15, 0.2) is 66.1 Å². The topological polar surface area (TPSA) is 127 Å². The normalized spacial score (nSPS) is 21.4. The maximum atomic E-state index is 13.3. The number of aromatic nitrogens is 5. The summed E-state index contributed by atoms with van der Waals surface area (Å²) in [5.74, 6) is 1.31. The van der Waals surface area contributed by atoms with Gasteiger partial charge in [0.25, 0.3) is 5.56 Å². The second kappa shape index (κ2) is 11.0. The van der Waals surface area contributed by atoms with Crippen molar-refractivity contribution in [2.45, 2.75) is 69.1 Å². The molecule has 4 heterocycles. The fraction of sp³-hybridized carbons (Fsp3) is 0.406. The molecule has 1 aliphatic heterocycles. The molecular formula is C32H35N7O4. The Balaban J connectivity index is 1.12. The predicted molar refractivity (Wildman–Crippen MR) is 162 cm³/mol. The lowest BCUT2D eigenvalue weighted by Gasteiger charge is -2.36. The lowest BCUT2D eigenvalue weighted by Crippen LogP contribution is -2.38. The van der Waals surface area contributed by atoms with Gasteiger partial charge in [0.2, 0.25) is 5.95 Å². The van der Waals surface area contributed by atoms with Gasteiger partial charge in [0.15, 0.2) is 11.5 Å². The summed E-state index contributed by atoms with van der Waals surface area (Å²) in [4.78, 5) is 41.1. The molecule has 4 aromatic rings. The molecule has 43 heavy (non-hydrogen) atoms. The molecule has 2 N–H and O–H groups in total. The highest BCUT2D eigenvalue weighted by molar-refractivity contribution is 5.77. The molecule has 1 amide bonds. The van der Waals surface area contributed by atoms with Crippen LogP contribution >= 0.6 is 0 Å². The fourth-order valence-electron chi connectivity index (χ4n) is 6.60. The van der Waals surface area contributed by atoms with Crippen LogP contribution in [-0.4, -0.2) is 59.6 Å². The summed E-state index contributed by atoms with van der Waals surface area (Å²) >= 11 is 0. The smallest absolute Gasteiger partial charge is 0.410 e. The van der Waals surface area contributed by atoms with E-state index in [-0.39, 0.29) is 24.2 Å². The summed E-state index contributed by atoms with van der Waals surface area (Å²) in [7, 11) is 0. The Labute approximate surface area is 248 Å². The second-order valence-electron chi connectivity index (χ2n) is 11.7. The lowest BCUT2D eigenvalue weighted by atomic mass is 9.77. The number of carbonyl (C=O) groups excluding carboxylic acids is 1. The highest BCUT2D eigenvalue weighted by atomic mass is 16.6. The Morgan fingerprint density at radius 3 is 2.53 bits per heavy atom. The molecule has 3 aromatic heterocycles. The van der Waals surface area contributed by atoms with E-state index in [0.717, 1.165) is 37.8 Å². The maximum Gasteiger partial charge on any atom is 0.410 e. The number of aliphatic hydroxyl groups is 1. The highest BCUT2D eigenvalue weighted by Gasteiger charge is 2.38. The average molecular weight is 582 g/mol. The van der Waals surface area contributed by atoms with Crippen LogP contribution in [0.25, 0.3) is 16.9 Å². The maximum absolute atomic E-state index is 13.3. The van der Waals surface area contributed by atoms with E-state index in [1.807, 2.05) is 35.2 Å². The molecule has 0 atom stereocenters. The zero-order valence-electron chi connectivity index (χ0n) is 24.0. The highest BCUT2D eigenvalue weighted by Crippen LogP contribution is 2.40. The Kier molecular flexibility index (Phi) is 6.97. The zero-order chi connectivity index (χ0) is 29.6. The third-order valence-electron chi connectivity index (χ3n) is 9.15. The summed E-state index contributed by atoms with van der Waals surface area (Å²) in [6.07, 6.45) is 9.34. The SMILES string of the molecule is C=CCn1c(=O)c2cnc(Nc3ccc(C4CCC(N5CCOC5=O)CC4)cc3)nc2n1-c1cccc(C2(O)CCC2)n1. The molecule has 0 bridgehead atoms. The fourth-order valence-corrected chi connectivity index (χ4v) is 6.60. The minimum Gasteiger partial charge on any atom is -0.448 e. The van der Waals surface area contributed by atoms with Gasteiger partial charge < -0.3 is 20.1 Å². The number of fused-ring (bicyclic) bond motifs is 1. The van der Waals surface area contributed by atoms with Gasteiger partial charge in [-0.2, -0.15) is 4.98 Å². The van der Waals surface area contributed by atoms with E-state index in [1.54, 1.807) is 10.8 Å². The van der Waals surface area contributed by atoms with Gasteiger partial charge in [-0.05, 0) is 80.7 Å². The summed E-state index contributed by atoms with van der Waals surface area (Å²) < 4.78 is 8.33. The van der Waals surface area contributed by atoms with Crippen molar-refractivity contribution < 1.29 is 14.6 Å². The minimum atomic E-state index is -0.933. The van der Waals surface area contributed by atoms with Crippen LogP contribution in [-0.2, 0) is 16.9 Å². The van der Waals surface area contributed by atoms with Gasteiger partial charge in [0.1, 0.15) is 17.6 Å². The van der Waals surface area contributed by atoms with E-state index >= 15 is 0 Å². The number of carbonyl (C=O) groups is 1. The number of anilines is 2. The van der Waals surface area contributed by atoms with E-state index in [9.17, 15) is 14.7 Å². The van der Waals surface area contributed by atoms with Gasteiger partial charge in [-0.1, -0.05) is 24.3 Å². The van der Waals surface area contributed by atoms with Crippen molar-refractivity contribution in [3.63, 3.8) is 0 Å². The van der Waals surface area contributed by atoms with Gasteiger partial charge in [0.05, 0.1) is 18.8 Å². The summed E-state index contributed by atoms with van der Waals surface area (Å²) in [5.41, 5.74) is 1.95. The summed E-state index contributed by atoms with van der Waals surface area (Å²) in [6, 6.07) is 14.1. The molecule has 11 nitrogen and oxygen atoms in total. The van der Waals surface area contributed by atoms with Crippen LogP contribution in [0.4, 0.5) is 16.4 Å². The molecular weight excluding hydrogens is 546 g/mol. The first-order chi connectivity index (χ1) is 20.9. The molecule has 2 saturated carbocycles. The number of hydrogen-bond donors (Lipinski definition) is 2.